The van der Waals surface area contributed by atoms with Crippen LogP contribution < -0.4 is 10.1 Å². The molecule has 0 amide bonds. The van der Waals surface area contributed by atoms with Gasteiger partial charge >= 0.3 is 0 Å². The summed E-state index contributed by atoms with van der Waals surface area (Å²) in [4.78, 5) is 0. The van der Waals surface area contributed by atoms with Crippen molar-refractivity contribution in [2.75, 3.05) is 13.2 Å². The highest BCUT2D eigenvalue weighted by Gasteiger charge is 2.26. The average Bonchev–Trinajstić information content (AvgIpc) is 2.95. The molecule has 1 aliphatic rings. The zero-order chi connectivity index (χ0) is 14.4. The highest BCUT2D eigenvalue weighted by Crippen LogP contribution is 2.38. The minimum absolute atomic E-state index is 0.435. The van der Waals surface area contributed by atoms with E-state index in [1.165, 1.54) is 36.8 Å². The Labute approximate surface area is 123 Å². The minimum atomic E-state index is 0.435. The molecule has 2 rings (SSSR count). The van der Waals surface area contributed by atoms with Gasteiger partial charge in [-0.3, -0.25) is 0 Å². The van der Waals surface area contributed by atoms with Gasteiger partial charge < -0.3 is 10.1 Å². The lowest BCUT2D eigenvalue weighted by molar-refractivity contribution is 0.307. The molecule has 112 valence electrons. The molecule has 2 atom stereocenters. The molecule has 2 heteroatoms. The van der Waals surface area contributed by atoms with Gasteiger partial charge in [-0.15, -0.1) is 0 Å². The summed E-state index contributed by atoms with van der Waals surface area (Å²) in [6, 6.07) is 7.10. The summed E-state index contributed by atoms with van der Waals surface area (Å²) in [5.74, 6) is 1.86. The number of rotatable bonds is 8. The third kappa shape index (κ3) is 3.35. The van der Waals surface area contributed by atoms with E-state index in [0.717, 1.165) is 25.3 Å². The summed E-state index contributed by atoms with van der Waals surface area (Å²) < 4.78 is 5.92. The molecule has 0 saturated heterocycles. The Morgan fingerprint density at radius 2 is 2.10 bits per heavy atom. The predicted molar refractivity (Wildman–Crippen MR) is 85.4 cm³/mol. The van der Waals surface area contributed by atoms with Crippen LogP contribution in [0.1, 0.15) is 63.6 Å². The lowest BCUT2D eigenvalue weighted by Gasteiger charge is -2.28. The second-order valence-electron chi connectivity index (χ2n) is 5.78. The predicted octanol–water partition coefficient (Wildman–Crippen LogP) is 4.49. The molecule has 1 heterocycles. The Morgan fingerprint density at radius 1 is 1.25 bits per heavy atom. The molecule has 2 unspecified atom stereocenters. The summed E-state index contributed by atoms with van der Waals surface area (Å²) >= 11 is 0. The number of hydrogen-bond donors (Lipinski definition) is 1. The van der Waals surface area contributed by atoms with Gasteiger partial charge in [0.1, 0.15) is 5.75 Å². The number of ether oxygens (including phenoxy) is 1. The molecule has 2 nitrogen and oxygen atoms in total. The number of benzene rings is 1. The molecular formula is C18H29NO. The van der Waals surface area contributed by atoms with E-state index >= 15 is 0 Å². The molecule has 0 saturated carbocycles. The maximum Gasteiger partial charge on any atom is 0.127 e. The van der Waals surface area contributed by atoms with Gasteiger partial charge in [-0.05, 0) is 24.4 Å². The fourth-order valence-corrected chi connectivity index (χ4v) is 3.31. The van der Waals surface area contributed by atoms with Crippen molar-refractivity contribution in [1.82, 2.24) is 5.32 Å². The Kier molecular flexibility index (Phi) is 5.90. The van der Waals surface area contributed by atoms with Crippen molar-refractivity contribution < 1.29 is 4.74 Å². The molecule has 0 aromatic heterocycles. The third-order valence-electron chi connectivity index (χ3n) is 4.43. The van der Waals surface area contributed by atoms with Gasteiger partial charge in [-0.25, -0.2) is 0 Å². The smallest absolute Gasteiger partial charge is 0.127 e. The molecule has 20 heavy (non-hydrogen) atoms. The number of unbranched alkanes of at least 4 members (excludes halogenated alkanes) is 1. The summed E-state index contributed by atoms with van der Waals surface area (Å²) in [5.41, 5.74) is 2.76. The van der Waals surface area contributed by atoms with Crippen LogP contribution in [0.25, 0.3) is 0 Å². The zero-order valence-electron chi connectivity index (χ0n) is 13.2. The van der Waals surface area contributed by atoms with Crippen LogP contribution in [-0.4, -0.2) is 13.2 Å². The number of para-hydroxylation sites is 1. The number of fused-ring (bicyclic) bond motifs is 1. The van der Waals surface area contributed by atoms with Crippen LogP contribution in [0.15, 0.2) is 18.2 Å². The van der Waals surface area contributed by atoms with Crippen LogP contribution in [0.2, 0.25) is 0 Å². The maximum atomic E-state index is 5.92. The SMILES string of the molecule is CCCCC(CC)C(NCC)c1cccc2c1OCC2. The molecular weight excluding hydrogens is 246 g/mol. The van der Waals surface area contributed by atoms with Crippen LogP contribution >= 0.6 is 0 Å². The summed E-state index contributed by atoms with van der Waals surface area (Å²) in [6.07, 6.45) is 6.18. The van der Waals surface area contributed by atoms with Gasteiger partial charge in [-0.1, -0.05) is 58.2 Å². The second-order valence-corrected chi connectivity index (χ2v) is 5.78. The van der Waals surface area contributed by atoms with Crippen molar-refractivity contribution in [3.63, 3.8) is 0 Å². The fraction of sp³-hybridized carbons (Fsp3) is 0.667. The molecule has 1 aromatic carbocycles. The summed E-state index contributed by atoms with van der Waals surface area (Å²) in [6.45, 7) is 8.64. The fourth-order valence-electron chi connectivity index (χ4n) is 3.31. The topological polar surface area (TPSA) is 21.3 Å². The summed E-state index contributed by atoms with van der Waals surface area (Å²) in [7, 11) is 0. The Balaban J connectivity index is 2.25. The van der Waals surface area contributed by atoms with E-state index in [9.17, 15) is 0 Å². The van der Waals surface area contributed by atoms with Crippen molar-refractivity contribution in [2.24, 2.45) is 5.92 Å². The largest absolute Gasteiger partial charge is 0.493 e. The van der Waals surface area contributed by atoms with E-state index in [4.69, 9.17) is 4.74 Å². The van der Waals surface area contributed by atoms with Crippen LogP contribution in [0, 0.1) is 5.92 Å². The molecule has 0 fully saturated rings. The van der Waals surface area contributed by atoms with Crippen LogP contribution in [-0.2, 0) is 6.42 Å². The Morgan fingerprint density at radius 3 is 2.80 bits per heavy atom. The van der Waals surface area contributed by atoms with E-state index in [-0.39, 0.29) is 0 Å². The molecule has 0 radical (unpaired) electrons. The summed E-state index contributed by atoms with van der Waals surface area (Å²) in [5, 5.41) is 3.71. The number of nitrogens with one attached hydrogen (secondary N) is 1. The first kappa shape index (κ1) is 15.4. The van der Waals surface area contributed by atoms with Crippen molar-refractivity contribution in [3.8, 4) is 5.75 Å². The normalized spacial score (nSPS) is 16.6. The average molecular weight is 275 g/mol. The highest BCUT2D eigenvalue weighted by atomic mass is 16.5. The molecule has 1 aromatic rings. The molecule has 0 aliphatic carbocycles. The Hall–Kier alpha value is -1.02. The van der Waals surface area contributed by atoms with Crippen LogP contribution in [0.3, 0.4) is 0 Å². The molecule has 1 N–H and O–H groups in total. The van der Waals surface area contributed by atoms with E-state index in [1.807, 2.05) is 0 Å². The van der Waals surface area contributed by atoms with Gasteiger partial charge in [0, 0.05) is 18.0 Å². The van der Waals surface area contributed by atoms with E-state index in [0.29, 0.717) is 12.0 Å². The minimum Gasteiger partial charge on any atom is -0.493 e. The second kappa shape index (κ2) is 7.68. The molecule has 0 bridgehead atoms. The maximum absolute atomic E-state index is 5.92. The first-order chi connectivity index (χ1) is 9.81. The first-order valence-corrected chi connectivity index (χ1v) is 8.29. The zero-order valence-corrected chi connectivity index (χ0v) is 13.2. The van der Waals surface area contributed by atoms with Crippen LogP contribution in [0.4, 0.5) is 0 Å². The monoisotopic (exact) mass is 275 g/mol. The van der Waals surface area contributed by atoms with Gasteiger partial charge in [-0.2, -0.15) is 0 Å². The van der Waals surface area contributed by atoms with Gasteiger partial charge in [0.25, 0.3) is 0 Å². The van der Waals surface area contributed by atoms with Crippen molar-refractivity contribution in [3.05, 3.63) is 29.3 Å². The van der Waals surface area contributed by atoms with E-state index < -0.39 is 0 Å². The highest BCUT2D eigenvalue weighted by molar-refractivity contribution is 5.45. The van der Waals surface area contributed by atoms with Crippen LogP contribution in [0.5, 0.6) is 5.75 Å². The molecule has 0 spiro atoms. The van der Waals surface area contributed by atoms with E-state index in [1.54, 1.807) is 0 Å². The van der Waals surface area contributed by atoms with Crippen molar-refractivity contribution in [2.45, 2.75) is 58.9 Å². The standard InChI is InChI=1S/C18H29NO/c1-4-7-9-14(5-2)17(19-6-3)16-11-8-10-15-12-13-20-18(15)16/h8,10-11,14,17,19H,4-7,9,12-13H2,1-3H3. The quantitative estimate of drug-likeness (QED) is 0.755. The first-order valence-electron chi connectivity index (χ1n) is 8.29. The lowest BCUT2D eigenvalue weighted by atomic mass is 9.85. The van der Waals surface area contributed by atoms with Crippen molar-refractivity contribution >= 4 is 0 Å². The lowest BCUT2D eigenvalue weighted by Crippen LogP contribution is -2.28. The third-order valence-corrected chi connectivity index (χ3v) is 4.43. The number of hydrogen-bond acceptors (Lipinski definition) is 2. The van der Waals surface area contributed by atoms with Gasteiger partial charge in [0.2, 0.25) is 0 Å². The van der Waals surface area contributed by atoms with Gasteiger partial charge in [0.05, 0.1) is 6.61 Å². The molecule has 1 aliphatic heterocycles. The van der Waals surface area contributed by atoms with Gasteiger partial charge in [0.15, 0.2) is 0 Å². The Bertz CT molecular complexity index is 416. The van der Waals surface area contributed by atoms with E-state index in [2.05, 4.69) is 44.3 Å². The van der Waals surface area contributed by atoms with Crippen molar-refractivity contribution in [1.29, 1.82) is 0 Å².